The van der Waals surface area contributed by atoms with Crippen molar-refractivity contribution >= 4 is 18.3 Å². The highest BCUT2D eigenvalue weighted by atomic mass is 35.5. The minimum absolute atomic E-state index is 0. The van der Waals surface area contributed by atoms with E-state index in [1.54, 1.807) is 4.90 Å². The van der Waals surface area contributed by atoms with Crippen LogP contribution >= 0.6 is 12.4 Å². The summed E-state index contributed by atoms with van der Waals surface area (Å²) in [6.07, 6.45) is 2.16. The van der Waals surface area contributed by atoms with E-state index in [0.29, 0.717) is 6.42 Å². The predicted molar refractivity (Wildman–Crippen MR) is 116 cm³/mol. The van der Waals surface area contributed by atoms with E-state index in [9.17, 15) is 9.90 Å². The first kappa shape index (κ1) is 22.4. The van der Waals surface area contributed by atoms with Crippen molar-refractivity contribution in [2.24, 2.45) is 0 Å². The number of aliphatic hydroxyl groups excluding tert-OH is 1. The number of rotatable bonds is 6. The molecule has 2 aromatic carbocycles. The van der Waals surface area contributed by atoms with E-state index in [1.807, 2.05) is 50.5 Å². The highest BCUT2D eigenvalue weighted by Crippen LogP contribution is 2.38. The average molecular weight is 403 g/mol. The minimum Gasteiger partial charge on any atom is -0.393 e. The third kappa shape index (κ3) is 4.75. The van der Waals surface area contributed by atoms with E-state index in [0.717, 1.165) is 43.6 Å². The van der Waals surface area contributed by atoms with Crippen LogP contribution in [0.2, 0.25) is 0 Å². The first-order chi connectivity index (χ1) is 13.0. The van der Waals surface area contributed by atoms with Crippen molar-refractivity contribution in [3.63, 3.8) is 0 Å². The van der Waals surface area contributed by atoms with Crippen molar-refractivity contribution in [3.8, 4) is 0 Å². The summed E-state index contributed by atoms with van der Waals surface area (Å²) in [7, 11) is 3.67. The van der Waals surface area contributed by atoms with Crippen molar-refractivity contribution in [3.05, 3.63) is 71.8 Å². The minimum atomic E-state index is -0.706. The number of benzene rings is 2. The molecule has 0 saturated carbocycles. The monoisotopic (exact) mass is 402 g/mol. The number of carbonyl (C=O) groups excluding carboxylic acids is 1. The number of likely N-dealkylation sites (N-methyl/N-ethyl adjacent to an activating group) is 1. The average Bonchev–Trinajstić information content (AvgIpc) is 2.71. The Morgan fingerprint density at radius 2 is 1.46 bits per heavy atom. The van der Waals surface area contributed by atoms with Crippen LogP contribution in [0, 0.1) is 0 Å². The summed E-state index contributed by atoms with van der Waals surface area (Å²) in [6, 6.07) is 20.3. The van der Waals surface area contributed by atoms with Gasteiger partial charge in [-0.15, -0.1) is 12.4 Å². The number of halogens is 1. The predicted octanol–water partition coefficient (Wildman–Crippen LogP) is 3.33. The second-order valence-corrected chi connectivity index (χ2v) is 7.66. The molecule has 0 radical (unpaired) electrons. The summed E-state index contributed by atoms with van der Waals surface area (Å²) < 4.78 is 0. The SMILES string of the molecule is CN(C)C(=O)C(CCN1CCC(O)CC1)(c1ccccc1)c1ccccc1.Cl. The molecule has 1 aliphatic rings. The van der Waals surface area contributed by atoms with Gasteiger partial charge < -0.3 is 14.9 Å². The molecule has 0 bridgehead atoms. The summed E-state index contributed by atoms with van der Waals surface area (Å²) in [5, 5.41) is 9.78. The normalized spacial score (nSPS) is 15.7. The first-order valence-corrected chi connectivity index (χ1v) is 9.77. The number of amides is 1. The Balaban J connectivity index is 0.00000280. The molecule has 1 N–H and O–H groups in total. The molecule has 1 aliphatic heterocycles. The number of piperidine rings is 1. The van der Waals surface area contributed by atoms with Crippen LogP contribution in [0.5, 0.6) is 0 Å². The summed E-state index contributed by atoms with van der Waals surface area (Å²) in [6.45, 7) is 2.60. The summed E-state index contributed by atoms with van der Waals surface area (Å²) in [5.41, 5.74) is 1.36. The topological polar surface area (TPSA) is 43.8 Å². The van der Waals surface area contributed by atoms with Gasteiger partial charge in [0.05, 0.1) is 6.10 Å². The number of nitrogens with zero attached hydrogens (tertiary/aromatic N) is 2. The lowest BCUT2D eigenvalue weighted by molar-refractivity contribution is -0.133. The van der Waals surface area contributed by atoms with Crippen LogP contribution in [0.15, 0.2) is 60.7 Å². The Bertz CT molecular complexity index is 689. The molecule has 1 heterocycles. The van der Waals surface area contributed by atoms with Gasteiger partial charge in [-0.3, -0.25) is 4.79 Å². The van der Waals surface area contributed by atoms with Gasteiger partial charge in [-0.2, -0.15) is 0 Å². The van der Waals surface area contributed by atoms with Crippen molar-refractivity contribution < 1.29 is 9.90 Å². The maximum Gasteiger partial charge on any atom is 0.237 e. The van der Waals surface area contributed by atoms with Gasteiger partial charge in [-0.05, 0) is 36.9 Å². The largest absolute Gasteiger partial charge is 0.393 e. The first-order valence-electron chi connectivity index (χ1n) is 9.77. The van der Waals surface area contributed by atoms with Gasteiger partial charge in [0.15, 0.2) is 0 Å². The molecule has 28 heavy (non-hydrogen) atoms. The molecule has 1 fully saturated rings. The van der Waals surface area contributed by atoms with Crippen molar-refractivity contribution in [2.45, 2.75) is 30.8 Å². The Kier molecular flexibility index (Phi) is 8.05. The molecule has 1 amide bonds. The van der Waals surface area contributed by atoms with Crippen molar-refractivity contribution in [1.29, 1.82) is 0 Å². The molecular formula is C23H31ClN2O2. The number of hydrogen-bond donors (Lipinski definition) is 1. The highest BCUT2D eigenvalue weighted by molar-refractivity contribution is 5.91. The smallest absolute Gasteiger partial charge is 0.237 e. The number of aliphatic hydroxyl groups is 1. The maximum absolute atomic E-state index is 13.6. The Morgan fingerprint density at radius 1 is 1.00 bits per heavy atom. The molecule has 0 aliphatic carbocycles. The quantitative estimate of drug-likeness (QED) is 0.806. The second kappa shape index (κ2) is 10.1. The van der Waals surface area contributed by atoms with Crippen LogP contribution < -0.4 is 0 Å². The van der Waals surface area contributed by atoms with Crippen LogP contribution in [-0.4, -0.2) is 60.6 Å². The third-order valence-electron chi connectivity index (χ3n) is 5.66. The van der Waals surface area contributed by atoms with Crippen LogP contribution in [0.25, 0.3) is 0 Å². The zero-order valence-corrected chi connectivity index (χ0v) is 17.6. The standard InChI is InChI=1S/C23H30N2O2.ClH/c1-24(2)22(27)23(19-9-5-3-6-10-19,20-11-7-4-8-12-20)15-18-25-16-13-21(26)14-17-25;/h3-12,21,26H,13-18H2,1-2H3;1H. The maximum atomic E-state index is 13.6. The molecular weight excluding hydrogens is 372 g/mol. The molecule has 5 heteroatoms. The van der Waals surface area contributed by atoms with Crippen LogP contribution in [-0.2, 0) is 10.2 Å². The Morgan fingerprint density at radius 3 is 1.89 bits per heavy atom. The fourth-order valence-corrected chi connectivity index (χ4v) is 4.11. The fraction of sp³-hybridized carbons (Fsp3) is 0.435. The molecule has 0 spiro atoms. The molecule has 0 atom stereocenters. The molecule has 2 aromatic rings. The fourth-order valence-electron chi connectivity index (χ4n) is 4.11. The van der Waals surface area contributed by atoms with Crippen LogP contribution in [0.3, 0.4) is 0 Å². The zero-order valence-electron chi connectivity index (χ0n) is 16.8. The van der Waals surface area contributed by atoms with E-state index in [-0.39, 0.29) is 24.4 Å². The van der Waals surface area contributed by atoms with E-state index in [1.165, 1.54) is 0 Å². The lowest BCUT2D eigenvalue weighted by Crippen LogP contribution is -2.47. The van der Waals surface area contributed by atoms with Gasteiger partial charge in [-0.25, -0.2) is 0 Å². The van der Waals surface area contributed by atoms with Gasteiger partial charge in [-0.1, -0.05) is 60.7 Å². The van der Waals surface area contributed by atoms with Crippen LogP contribution in [0.1, 0.15) is 30.4 Å². The van der Waals surface area contributed by atoms with Gasteiger partial charge >= 0.3 is 0 Å². The Labute approximate surface area is 174 Å². The molecule has 1 saturated heterocycles. The summed E-state index contributed by atoms with van der Waals surface area (Å²) in [5.74, 6) is 0.108. The number of carbonyl (C=O) groups is 1. The van der Waals surface area contributed by atoms with Gasteiger partial charge in [0, 0.05) is 27.2 Å². The van der Waals surface area contributed by atoms with E-state index < -0.39 is 5.41 Å². The van der Waals surface area contributed by atoms with Gasteiger partial charge in [0.25, 0.3) is 0 Å². The lowest BCUT2D eigenvalue weighted by Gasteiger charge is -2.38. The van der Waals surface area contributed by atoms with E-state index >= 15 is 0 Å². The van der Waals surface area contributed by atoms with Crippen LogP contribution in [0.4, 0.5) is 0 Å². The number of likely N-dealkylation sites (tertiary alicyclic amines) is 1. The highest BCUT2D eigenvalue weighted by Gasteiger charge is 2.43. The second-order valence-electron chi connectivity index (χ2n) is 7.66. The molecule has 3 rings (SSSR count). The Hall–Kier alpha value is -1.88. The zero-order chi connectivity index (χ0) is 19.3. The molecule has 0 aromatic heterocycles. The summed E-state index contributed by atoms with van der Waals surface area (Å²) >= 11 is 0. The van der Waals surface area contributed by atoms with Gasteiger partial charge in [0.2, 0.25) is 5.91 Å². The third-order valence-corrected chi connectivity index (χ3v) is 5.66. The van der Waals surface area contributed by atoms with Crippen molar-refractivity contribution in [2.75, 3.05) is 33.7 Å². The number of hydrogen-bond acceptors (Lipinski definition) is 3. The van der Waals surface area contributed by atoms with Crippen molar-refractivity contribution in [1.82, 2.24) is 9.80 Å². The molecule has 152 valence electrons. The van der Waals surface area contributed by atoms with E-state index in [2.05, 4.69) is 29.2 Å². The lowest BCUT2D eigenvalue weighted by atomic mass is 9.70. The van der Waals surface area contributed by atoms with Gasteiger partial charge in [0.1, 0.15) is 5.41 Å². The van der Waals surface area contributed by atoms with E-state index in [4.69, 9.17) is 0 Å². The molecule has 0 unspecified atom stereocenters. The molecule has 4 nitrogen and oxygen atoms in total. The summed E-state index contributed by atoms with van der Waals surface area (Å²) in [4.78, 5) is 17.6.